The van der Waals surface area contributed by atoms with Gasteiger partial charge in [-0.25, -0.2) is 13.2 Å². The molecule has 0 saturated carbocycles. The number of likely N-dealkylation sites (N-methyl/N-ethyl adjacent to an activating group) is 5. The van der Waals surface area contributed by atoms with Crippen LogP contribution in [0.4, 0.5) is 52.7 Å². The number of carbonyl (C=O) groups is 3. The zero-order valence-corrected chi connectivity index (χ0v) is 68.0. The average molecular weight is 1690 g/mol. The molecule has 0 radical (unpaired) electrons. The molecule has 3 saturated heterocycles. The van der Waals surface area contributed by atoms with Gasteiger partial charge in [0.15, 0.2) is 0 Å². The number of hydrogen-bond donors (Lipinski definition) is 2. The van der Waals surface area contributed by atoms with Gasteiger partial charge in [-0.2, -0.15) is 39.5 Å². The number of halogens is 18. The van der Waals surface area contributed by atoms with Crippen molar-refractivity contribution in [3.8, 4) is 0 Å². The zero-order chi connectivity index (χ0) is 82.1. The molecule has 111 heavy (non-hydrogen) atoms. The predicted molar refractivity (Wildman–Crippen MR) is 415 cm³/mol. The van der Waals surface area contributed by atoms with Gasteiger partial charge in [0.1, 0.15) is 17.5 Å². The van der Waals surface area contributed by atoms with Crippen molar-refractivity contribution in [3.05, 3.63) is 207 Å². The highest BCUT2D eigenvalue weighted by Crippen LogP contribution is 2.41. The first-order valence-electron chi connectivity index (χ1n) is 35.9. The van der Waals surface area contributed by atoms with E-state index in [4.69, 9.17) is 69.6 Å². The van der Waals surface area contributed by atoms with Gasteiger partial charge in [-0.3, -0.25) is 34.0 Å². The molecule has 3 amide bonds. The highest BCUT2D eigenvalue weighted by molar-refractivity contribution is 6.43. The number of rotatable bonds is 29. The van der Waals surface area contributed by atoms with Crippen LogP contribution in [-0.4, -0.2) is 253 Å². The van der Waals surface area contributed by atoms with E-state index >= 15 is 0 Å². The Labute approximate surface area is 672 Å². The fourth-order valence-electron chi connectivity index (χ4n) is 13.9. The minimum Gasteiger partial charge on any atom is -0.339 e. The fourth-order valence-corrected chi connectivity index (χ4v) is 14.8. The molecule has 6 aromatic carbocycles. The van der Waals surface area contributed by atoms with Gasteiger partial charge >= 0.3 is 18.5 Å². The van der Waals surface area contributed by atoms with Crippen molar-refractivity contribution >= 4 is 87.3 Å². The third-order valence-electron chi connectivity index (χ3n) is 19.8. The van der Waals surface area contributed by atoms with E-state index in [1.165, 1.54) is 18.2 Å². The number of carbonyl (C=O) groups excluding carboxylic acids is 3. The van der Waals surface area contributed by atoms with Crippen molar-refractivity contribution in [2.45, 2.75) is 86.9 Å². The van der Waals surface area contributed by atoms with Crippen LogP contribution in [0.15, 0.2) is 109 Å². The van der Waals surface area contributed by atoms with Crippen LogP contribution in [0.1, 0.15) is 80.7 Å². The van der Waals surface area contributed by atoms with Crippen LogP contribution in [0.3, 0.4) is 0 Å². The van der Waals surface area contributed by atoms with Crippen LogP contribution < -0.4 is 10.6 Å². The lowest BCUT2D eigenvalue weighted by Gasteiger charge is -2.29. The summed E-state index contributed by atoms with van der Waals surface area (Å²) in [5, 5.41) is 8.81. The molecule has 33 heteroatoms. The Balaban J connectivity index is 0.000000231. The topological polar surface area (TPSA) is 108 Å². The number of benzene rings is 6. The molecule has 0 bridgehead atoms. The highest BCUT2D eigenvalue weighted by atomic mass is 35.5. The predicted octanol–water partition coefficient (Wildman–Crippen LogP) is 15.3. The molecule has 3 aliphatic heterocycles. The van der Waals surface area contributed by atoms with Crippen LogP contribution in [-0.2, 0) is 52.5 Å². The summed E-state index contributed by atoms with van der Waals surface area (Å²) < 4.78 is 159. The molecule has 0 aromatic heterocycles. The summed E-state index contributed by atoms with van der Waals surface area (Å²) in [5.74, 6) is -4.33. The number of nitrogens with zero attached hydrogens (tertiary/aromatic N) is 10. The van der Waals surface area contributed by atoms with E-state index in [0.29, 0.717) is 92.6 Å². The molecule has 0 aliphatic carbocycles. The molecule has 15 nitrogen and oxygen atoms in total. The van der Waals surface area contributed by atoms with Gasteiger partial charge < -0.3 is 40.0 Å². The smallest absolute Gasteiger partial charge is 0.339 e. The molecule has 6 aromatic rings. The molecule has 6 atom stereocenters. The third kappa shape index (κ3) is 27.5. The SMILES string of the molecule is CN(C)CCCN(C)CC(=O)N1CC(c2ccc(Cl)c(Cl)c2)C(N(C)Cc2ccc(C(F)(F)F)c(F)c2)C1.CN(C)CCCNCC(=O)N1CC(c2ccc(Cl)c(Cl)c2)C(N(C)Cc2ccc(C(F)(F)F)c(F)c2)C1.CN(C)CCNCC(=O)N1CC(c2ccc(Cl)c(Cl)c2)C(N(C)Cc2ccc(C(F)(F)F)c(F)c2)C1. The van der Waals surface area contributed by atoms with E-state index in [2.05, 4.69) is 20.4 Å². The van der Waals surface area contributed by atoms with Crippen LogP contribution in [0.25, 0.3) is 0 Å². The Morgan fingerprint density at radius 1 is 0.378 bits per heavy atom. The maximum Gasteiger partial charge on any atom is 0.419 e. The molecule has 3 heterocycles. The van der Waals surface area contributed by atoms with E-state index in [-0.39, 0.29) is 92.9 Å². The summed E-state index contributed by atoms with van der Waals surface area (Å²) in [7, 11) is 19.3. The van der Waals surface area contributed by atoms with Crippen molar-refractivity contribution in [1.82, 2.24) is 59.6 Å². The normalized spacial score (nSPS) is 18.4. The summed E-state index contributed by atoms with van der Waals surface area (Å²) in [5.41, 5.74) is 0.0741. The van der Waals surface area contributed by atoms with E-state index in [1.54, 1.807) is 46.2 Å². The van der Waals surface area contributed by atoms with Gasteiger partial charge in [-0.15, -0.1) is 0 Å². The maximum atomic E-state index is 14.2. The molecule has 6 unspecified atom stereocenters. The van der Waals surface area contributed by atoms with E-state index in [1.807, 2.05) is 118 Å². The first kappa shape index (κ1) is 92.4. The second-order valence-electron chi connectivity index (χ2n) is 29.3. The van der Waals surface area contributed by atoms with Crippen molar-refractivity contribution in [2.75, 3.05) is 169 Å². The quantitative estimate of drug-likeness (QED) is 0.0345. The minimum atomic E-state index is -4.75. The molecule has 612 valence electrons. The number of likely N-dealkylation sites (tertiary alicyclic amines) is 3. The Kier molecular flexibility index (Phi) is 34.7. The van der Waals surface area contributed by atoms with Gasteiger partial charge in [-0.1, -0.05) is 106 Å². The number of hydrogen-bond acceptors (Lipinski definition) is 12. The second-order valence-corrected chi connectivity index (χ2v) is 31.8. The summed E-state index contributed by atoms with van der Waals surface area (Å²) in [6.45, 7) is 8.76. The number of alkyl halides is 9. The zero-order valence-electron chi connectivity index (χ0n) is 63.5. The second kappa shape index (κ2) is 41.7. The molecule has 3 aliphatic rings. The van der Waals surface area contributed by atoms with Crippen LogP contribution in [0, 0.1) is 17.5 Å². The Morgan fingerprint density at radius 3 is 0.982 bits per heavy atom. The molecule has 2 N–H and O–H groups in total. The first-order valence-corrected chi connectivity index (χ1v) is 38.2. The van der Waals surface area contributed by atoms with Crippen LogP contribution in [0.2, 0.25) is 30.1 Å². The average Bonchev–Trinajstić information content (AvgIpc) is 1.69. The lowest BCUT2D eigenvalue weighted by atomic mass is 9.93. The van der Waals surface area contributed by atoms with Crippen molar-refractivity contribution in [1.29, 1.82) is 0 Å². The van der Waals surface area contributed by atoms with Crippen molar-refractivity contribution < 1.29 is 67.1 Å². The van der Waals surface area contributed by atoms with Gasteiger partial charge in [-0.05, 0) is 216 Å². The number of amides is 3. The van der Waals surface area contributed by atoms with Gasteiger partial charge in [0, 0.05) is 108 Å². The number of nitrogens with one attached hydrogen (secondary N) is 2. The molecular formula is C78H96Cl6F12N12O3. The van der Waals surface area contributed by atoms with Crippen molar-refractivity contribution in [3.63, 3.8) is 0 Å². The summed E-state index contributed by atoms with van der Waals surface area (Å²) in [6.07, 6.45) is -12.4. The van der Waals surface area contributed by atoms with E-state index in [0.717, 1.165) is 98.7 Å². The molecule has 9 rings (SSSR count). The lowest BCUT2D eigenvalue weighted by Crippen LogP contribution is -2.41. The van der Waals surface area contributed by atoms with Gasteiger partial charge in [0.2, 0.25) is 17.7 Å². The Hall–Kier alpha value is -5.73. The fraction of sp³-hybridized carbons (Fsp3) is 0.500. The monoisotopic (exact) mass is 1690 g/mol. The highest BCUT2D eigenvalue weighted by Gasteiger charge is 2.43. The van der Waals surface area contributed by atoms with Gasteiger partial charge in [0.25, 0.3) is 0 Å². The molecule has 3 fully saturated rings. The van der Waals surface area contributed by atoms with E-state index < -0.39 is 52.7 Å². The standard InChI is InChI=1S/C27H34Cl2F4N4O.C26H32Cl2F4N4O.C25H30Cl2F4N4O/c1-34(2)10-5-11-35(3)17-26(38)37-15-20(19-7-9-22(28)23(29)13-19)25(16-37)36(4)14-18-6-8-21(24(30)12-18)27(31,32)33;1-34(2)10-4-9-33-13-25(37)36-15-19(18-6-8-21(27)22(28)12-18)24(16-36)35(3)14-17-5-7-20(23(29)11-17)26(30,31)32;1-33(2)9-8-32-12-24(36)35-14-18(17-5-7-20(26)21(27)11-17)23(15-35)34(3)13-16-4-6-19(22(28)10-16)25(29,30)31/h6-9,12-13,20,25H,5,10-11,14-17H2,1-4H3;5-8,11-12,19,24,33H,4,9-10,13-16H2,1-3H3;4-7,10-11,18,23,32H,8-9,12-15H2,1-3H3. The van der Waals surface area contributed by atoms with E-state index in [9.17, 15) is 67.1 Å². The van der Waals surface area contributed by atoms with Crippen LogP contribution in [0.5, 0.6) is 0 Å². The largest absolute Gasteiger partial charge is 0.419 e. The Bertz CT molecular complexity index is 4070. The summed E-state index contributed by atoms with van der Waals surface area (Å²) in [4.78, 5) is 58.5. The summed E-state index contributed by atoms with van der Waals surface area (Å²) in [6, 6.07) is 24.5. The Morgan fingerprint density at radius 2 is 0.685 bits per heavy atom. The molecule has 0 spiro atoms. The van der Waals surface area contributed by atoms with Gasteiger partial charge in [0.05, 0.1) is 66.5 Å². The van der Waals surface area contributed by atoms with Crippen LogP contribution >= 0.6 is 69.6 Å². The first-order chi connectivity index (χ1) is 52.0. The lowest BCUT2D eigenvalue weighted by molar-refractivity contribution is -0.140. The van der Waals surface area contributed by atoms with Crippen molar-refractivity contribution in [2.24, 2.45) is 0 Å². The molecular weight excluding hydrogens is 1590 g/mol. The minimum absolute atomic E-state index is 0.00103. The summed E-state index contributed by atoms with van der Waals surface area (Å²) >= 11 is 37.1. The maximum absolute atomic E-state index is 14.2. The third-order valence-corrected chi connectivity index (χ3v) is 22.1.